The number of hydrogen-bond acceptors (Lipinski definition) is 6. The summed E-state index contributed by atoms with van der Waals surface area (Å²) in [6.45, 7) is -0.184. The molecule has 0 spiro atoms. The maximum absolute atomic E-state index is 13.1. The Balaban J connectivity index is 2.12. The number of aromatic nitrogens is 4. The van der Waals surface area contributed by atoms with Crippen molar-refractivity contribution in [3.63, 3.8) is 0 Å². The fourth-order valence-corrected chi connectivity index (χ4v) is 2.41. The molecule has 0 aliphatic heterocycles. The number of aliphatic hydroxyl groups excluding tert-OH is 1. The predicted molar refractivity (Wildman–Crippen MR) is 87.1 cm³/mol. The van der Waals surface area contributed by atoms with Crippen LogP contribution in [-0.4, -0.2) is 31.6 Å². The number of hydrogen-bond donors (Lipinski definition) is 1. The highest BCUT2D eigenvalue weighted by molar-refractivity contribution is 6.30. The number of nitrogens with zero attached hydrogens (tertiary/aromatic N) is 4. The maximum atomic E-state index is 13.1. The lowest BCUT2D eigenvalue weighted by Crippen LogP contribution is -2.13. The van der Waals surface area contributed by atoms with E-state index in [4.69, 9.17) is 21.4 Å². The quantitative estimate of drug-likeness (QED) is 0.720. The summed E-state index contributed by atoms with van der Waals surface area (Å²) >= 11 is 5.72. The van der Waals surface area contributed by atoms with Crippen molar-refractivity contribution in [3.8, 4) is 11.8 Å². The number of fused-ring (bicyclic) bond motifs is 1. The molecular weight excluding hydrogens is 373 g/mol. The van der Waals surface area contributed by atoms with Crippen molar-refractivity contribution in [1.29, 1.82) is 0 Å². The Kier molecular flexibility index (Phi) is 5.19. The van der Waals surface area contributed by atoms with E-state index >= 15 is 0 Å². The number of aliphatic hydroxyl groups is 1. The van der Waals surface area contributed by atoms with Crippen molar-refractivity contribution >= 4 is 22.5 Å². The average molecular weight is 385 g/mol. The molecule has 0 amide bonds. The standard InChI is InChI=1S/C16H12ClF3N4O2/c17-9-7-21-15(22-8-9)26-12-5-1-3-10-13(12)11(4-2-6-25)24-14(23-10)16(18,19)20/h1,3,5,7-8,25H,2,4,6H2. The number of ether oxygens (including phenoxy) is 1. The van der Waals surface area contributed by atoms with Crippen LogP contribution in [0.3, 0.4) is 0 Å². The van der Waals surface area contributed by atoms with Crippen molar-refractivity contribution < 1.29 is 23.0 Å². The summed E-state index contributed by atoms with van der Waals surface area (Å²) in [7, 11) is 0. The molecule has 0 fully saturated rings. The van der Waals surface area contributed by atoms with Crippen LogP contribution in [-0.2, 0) is 12.6 Å². The second-order valence-corrected chi connectivity index (χ2v) is 5.69. The highest BCUT2D eigenvalue weighted by Crippen LogP contribution is 2.34. The molecule has 0 unspecified atom stereocenters. The lowest BCUT2D eigenvalue weighted by atomic mass is 10.1. The molecule has 10 heteroatoms. The van der Waals surface area contributed by atoms with Crippen molar-refractivity contribution in [2.45, 2.75) is 19.0 Å². The zero-order chi connectivity index (χ0) is 18.7. The summed E-state index contributed by atoms with van der Waals surface area (Å²) in [6.07, 6.45) is -1.64. The number of benzene rings is 1. The summed E-state index contributed by atoms with van der Waals surface area (Å²) in [4.78, 5) is 15.0. The minimum atomic E-state index is -4.68. The van der Waals surface area contributed by atoms with Crippen LogP contribution in [0.15, 0.2) is 30.6 Å². The van der Waals surface area contributed by atoms with Gasteiger partial charge in [0, 0.05) is 6.61 Å². The third-order valence-corrected chi connectivity index (χ3v) is 3.58. The van der Waals surface area contributed by atoms with Crippen LogP contribution in [0.1, 0.15) is 17.9 Å². The molecule has 0 aliphatic rings. The Bertz CT molecular complexity index is 920. The van der Waals surface area contributed by atoms with Gasteiger partial charge in [-0.15, -0.1) is 0 Å². The van der Waals surface area contributed by atoms with Crippen LogP contribution in [0.4, 0.5) is 13.2 Å². The molecule has 0 saturated carbocycles. The topological polar surface area (TPSA) is 81.0 Å². The van der Waals surface area contributed by atoms with Gasteiger partial charge in [0.1, 0.15) is 5.75 Å². The molecule has 3 rings (SSSR count). The highest BCUT2D eigenvalue weighted by Gasteiger charge is 2.35. The Labute approximate surface area is 150 Å². The number of halogens is 4. The van der Waals surface area contributed by atoms with E-state index in [0.29, 0.717) is 10.4 Å². The molecular formula is C16H12ClF3N4O2. The van der Waals surface area contributed by atoms with Gasteiger partial charge in [-0.2, -0.15) is 13.2 Å². The SMILES string of the molecule is OCCCc1nc(C(F)(F)F)nc2cccc(Oc3ncc(Cl)cn3)c12. The Hall–Kier alpha value is -2.52. The molecule has 1 N–H and O–H groups in total. The fraction of sp³-hybridized carbons (Fsp3) is 0.250. The van der Waals surface area contributed by atoms with Gasteiger partial charge >= 0.3 is 12.2 Å². The molecule has 0 atom stereocenters. The third-order valence-electron chi connectivity index (χ3n) is 3.38. The summed E-state index contributed by atoms with van der Waals surface area (Å²) < 4.78 is 44.8. The van der Waals surface area contributed by atoms with Gasteiger partial charge in [-0.25, -0.2) is 19.9 Å². The van der Waals surface area contributed by atoms with E-state index in [1.165, 1.54) is 24.5 Å². The molecule has 0 saturated heterocycles. The van der Waals surface area contributed by atoms with Crippen molar-refractivity contribution in [2.24, 2.45) is 0 Å². The van der Waals surface area contributed by atoms with Gasteiger partial charge in [-0.05, 0) is 25.0 Å². The maximum Gasteiger partial charge on any atom is 0.451 e. The predicted octanol–water partition coefficient (Wildman–Crippen LogP) is 3.81. The van der Waals surface area contributed by atoms with E-state index in [9.17, 15) is 13.2 Å². The van der Waals surface area contributed by atoms with E-state index in [1.807, 2.05) is 0 Å². The van der Waals surface area contributed by atoms with E-state index in [2.05, 4.69) is 19.9 Å². The third kappa shape index (κ3) is 4.00. The molecule has 0 aliphatic carbocycles. The molecule has 1 aromatic carbocycles. The summed E-state index contributed by atoms with van der Waals surface area (Å²) in [5.74, 6) is -1.02. The van der Waals surface area contributed by atoms with E-state index in [1.54, 1.807) is 6.07 Å². The van der Waals surface area contributed by atoms with Crippen LogP contribution in [0.2, 0.25) is 5.02 Å². The first-order valence-electron chi connectivity index (χ1n) is 7.51. The Morgan fingerprint density at radius 2 is 1.85 bits per heavy atom. The lowest BCUT2D eigenvalue weighted by Gasteiger charge is -2.13. The summed E-state index contributed by atoms with van der Waals surface area (Å²) in [6, 6.07) is 4.48. The van der Waals surface area contributed by atoms with Gasteiger partial charge in [-0.1, -0.05) is 17.7 Å². The minimum Gasteiger partial charge on any atom is -0.424 e. The van der Waals surface area contributed by atoms with E-state index in [0.717, 1.165) is 0 Å². The first-order chi connectivity index (χ1) is 12.4. The summed E-state index contributed by atoms with van der Waals surface area (Å²) in [5, 5.41) is 9.66. The van der Waals surface area contributed by atoms with Gasteiger partial charge in [0.25, 0.3) is 0 Å². The molecule has 2 heterocycles. The second-order valence-electron chi connectivity index (χ2n) is 5.26. The smallest absolute Gasteiger partial charge is 0.424 e. The van der Waals surface area contributed by atoms with Crippen LogP contribution in [0.25, 0.3) is 10.9 Å². The van der Waals surface area contributed by atoms with Gasteiger partial charge in [0.15, 0.2) is 0 Å². The van der Waals surface area contributed by atoms with Gasteiger partial charge in [0.05, 0.1) is 34.0 Å². The van der Waals surface area contributed by atoms with Crippen LogP contribution in [0.5, 0.6) is 11.8 Å². The molecule has 0 bridgehead atoms. The number of alkyl halides is 3. The average Bonchev–Trinajstić information content (AvgIpc) is 2.60. The molecule has 0 radical (unpaired) electrons. The van der Waals surface area contributed by atoms with Crippen molar-refractivity contribution in [3.05, 3.63) is 47.1 Å². The van der Waals surface area contributed by atoms with Gasteiger partial charge < -0.3 is 9.84 Å². The zero-order valence-electron chi connectivity index (χ0n) is 13.2. The van der Waals surface area contributed by atoms with Crippen molar-refractivity contribution in [2.75, 3.05) is 6.61 Å². The Morgan fingerprint density at radius 3 is 2.50 bits per heavy atom. The van der Waals surface area contributed by atoms with E-state index < -0.39 is 12.0 Å². The molecule has 6 nitrogen and oxygen atoms in total. The second kappa shape index (κ2) is 7.38. The monoisotopic (exact) mass is 384 g/mol. The largest absolute Gasteiger partial charge is 0.451 e. The fourth-order valence-electron chi connectivity index (χ4n) is 2.32. The first-order valence-corrected chi connectivity index (χ1v) is 7.89. The summed E-state index contributed by atoms with van der Waals surface area (Å²) in [5.41, 5.74) is 0.202. The normalized spacial score (nSPS) is 11.7. The molecule has 136 valence electrons. The Morgan fingerprint density at radius 1 is 1.12 bits per heavy atom. The first kappa shape index (κ1) is 18.3. The highest BCUT2D eigenvalue weighted by atomic mass is 35.5. The molecule has 3 aromatic rings. The van der Waals surface area contributed by atoms with Gasteiger partial charge in [0.2, 0.25) is 5.82 Å². The lowest BCUT2D eigenvalue weighted by molar-refractivity contribution is -0.144. The molecule has 2 aromatic heterocycles. The number of aryl methyl sites for hydroxylation is 1. The van der Waals surface area contributed by atoms with Gasteiger partial charge in [-0.3, -0.25) is 0 Å². The van der Waals surface area contributed by atoms with Crippen LogP contribution < -0.4 is 4.74 Å². The molecule has 26 heavy (non-hydrogen) atoms. The number of rotatable bonds is 5. The van der Waals surface area contributed by atoms with Crippen LogP contribution in [0, 0.1) is 0 Å². The van der Waals surface area contributed by atoms with Crippen molar-refractivity contribution in [1.82, 2.24) is 19.9 Å². The minimum absolute atomic E-state index is 0.0186. The van der Waals surface area contributed by atoms with E-state index in [-0.39, 0.29) is 42.4 Å². The van der Waals surface area contributed by atoms with Crippen LogP contribution >= 0.6 is 11.6 Å². The zero-order valence-corrected chi connectivity index (χ0v) is 13.9.